The summed E-state index contributed by atoms with van der Waals surface area (Å²) in [5.41, 5.74) is 5.40. The minimum Gasteiger partial charge on any atom is -0.366 e. The van der Waals surface area contributed by atoms with Gasteiger partial charge in [0.15, 0.2) is 0 Å². The zero-order chi connectivity index (χ0) is 18.4. The summed E-state index contributed by atoms with van der Waals surface area (Å²) in [5, 5.41) is 5.62. The van der Waals surface area contributed by atoms with E-state index >= 15 is 0 Å². The van der Waals surface area contributed by atoms with E-state index in [1.165, 1.54) is 6.07 Å². The predicted molar refractivity (Wildman–Crippen MR) is 91.9 cm³/mol. The maximum Gasteiger partial charge on any atom is 0.251 e. The van der Waals surface area contributed by atoms with Crippen LogP contribution in [0.5, 0.6) is 0 Å². The summed E-state index contributed by atoms with van der Waals surface area (Å²) in [6, 6.07) is 9.83. The summed E-state index contributed by atoms with van der Waals surface area (Å²) in [7, 11) is 0. The molecule has 0 saturated heterocycles. The second kappa shape index (κ2) is 8.25. The topological polar surface area (TPSA) is 101 Å². The third-order valence-corrected chi connectivity index (χ3v) is 3.51. The molecular weight excluding hydrogens is 349 g/mol. The van der Waals surface area contributed by atoms with Crippen molar-refractivity contribution in [3.8, 4) is 0 Å². The molecule has 0 unspecified atom stereocenters. The van der Waals surface area contributed by atoms with E-state index in [2.05, 4.69) is 10.6 Å². The number of hydrogen-bond donors (Lipinski definition) is 3. The summed E-state index contributed by atoms with van der Waals surface area (Å²) in [5.74, 6) is -2.43. The molecule has 4 N–H and O–H groups in total. The van der Waals surface area contributed by atoms with Gasteiger partial charge in [-0.25, -0.2) is 4.39 Å². The molecule has 0 aromatic heterocycles. The number of amides is 3. The average Bonchev–Trinajstić information content (AvgIpc) is 2.57. The number of carbonyl (C=O) groups excluding carboxylic acids is 3. The van der Waals surface area contributed by atoms with Gasteiger partial charge in [-0.05, 0) is 42.5 Å². The number of primary amides is 1. The second-order valence-corrected chi connectivity index (χ2v) is 5.56. The molecule has 2 rings (SSSR count). The van der Waals surface area contributed by atoms with E-state index in [1.54, 1.807) is 24.3 Å². The van der Waals surface area contributed by atoms with Gasteiger partial charge in [0, 0.05) is 29.2 Å². The zero-order valence-corrected chi connectivity index (χ0v) is 13.8. The first-order chi connectivity index (χ1) is 11.9. The maximum atomic E-state index is 13.4. The van der Waals surface area contributed by atoms with Crippen molar-refractivity contribution in [2.24, 2.45) is 5.73 Å². The Hall–Kier alpha value is -2.93. The molecular formula is C17H15ClFN3O3. The molecule has 0 radical (unpaired) electrons. The molecule has 2 aromatic rings. The van der Waals surface area contributed by atoms with Crippen LogP contribution in [0.3, 0.4) is 0 Å². The Kier molecular flexibility index (Phi) is 6.08. The smallest absolute Gasteiger partial charge is 0.251 e. The molecule has 2 aromatic carbocycles. The van der Waals surface area contributed by atoms with Crippen LogP contribution in [0.2, 0.25) is 5.02 Å². The fraction of sp³-hybridized carbons (Fsp3) is 0.118. The number of nitrogens with one attached hydrogen (secondary N) is 2. The van der Waals surface area contributed by atoms with E-state index < -0.39 is 17.6 Å². The number of halogens is 2. The molecule has 6 nitrogen and oxygen atoms in total. The predicted octanol–water partition coefficient (Wildman–Crippen LogP) is 2.34. The monoisotopic (exact) mass is 363 g/mol. The molecule has 0 aliphatic rings. The van der Waals surface area contributed by atoms with Gasteiger partial charge in [-0.15, -0.1) is 0 Å². The van der Waals surface area contributed by atoms with Gasteiger partial charge < -0.3 is 16.4 Å². The molecule has 25 heavy (non-hydrogen) atoms. The standard InChI is InChI=1S/C17H15ClFN3O3/c18-11-3-1-10(2-4-11)17(25)21-8-7-15(23)22-12-5-6-14(19)13(9-12)16(20)24/h1-6,9H,7-8H2,(H2,20,24)(H,21,25)(H,22,23). The van der Waals surface area contributed by atoms with Crippen LogP contribution in [0.1, 0.15) is 27.1 Å². The van der Waals surface area contributed by atoms with Crippen LogP contribution < -0.4 is 16.4 Å². The number of carbonyl (C=O) groups is 3. The molecule has 0 aliphatic carbocycles. The number of benzene rings is 2. The largest absolute Gasteiger partial charge is 0.366 e. The van der Waals surface area contributed by atoms with Crippen LogP contribution >= 0.6 is 11.6 Å². The lowest BCUT2D eigenvalue weighted by Gasteiger charge is -2.08. The quantitative estimate of drug-likeness (QED) is 0.734. The summed E-state index contributed by atoms with van der Waals surface area (Å²) < 4.78 is 13.4. The molecule has 0 atom stereocenters. The molecule has 3 amide bonds. The van der Waals surface area contributed by atoms with Gasteiger partial charge in [-0.2, -0.15) is 0 Å². The normalized spacial score (nSPS) is 10.2. The Morgan fingerprint density at radius 1 is 1.08 bits per heavy atom. The Morgan fingerprint density at radius 2 is 1.76 bits per heavy atom. The lowest BCUT2D eigenvalue weighted by molar-refractivity contribution is -0.116. The van der Waals surface area contributed by atoms with Crippen molar-refractivity contribution in [3.63, 3.8) is 0 Å². The Bertz CT molecular complexity index is 809. The molecule has 130 valence electrons. The Morgan fingerprint density at radius 3 is 2.40 bits per heavy atom. The van der Waals surface area contributed by atoms with Crippen LogP contribution in [0.4, 0.5) is 10.1 Å². The van der Waals surface area contributed by atoms with Crippen molar-refractivity contribution in [1.82, 2.24) is 5.32 Å². The van der Waals surface area contributed by atoms with Gasteiger partial charge >= 0.3 is 0 Å². The minimum absolute atomic E-state index is 0.00259. The van der Waals surface area contributed by atoms with Crippen molar-refractivity contribution < 1.29 is 18.8 Å². The van der Waals surface area contributed by atoms with Gasteiger partial charge in [-0.1, -0.05) is 11.6 Å². The molecule has 8 heteroatoms. The number of hydrogen-bond acceptors (Lipinski definition) is 3. The fourth-order valence-electron chi connectivity index (χ4n) is 2.01. The highest BCUT2D eigenvalue weighted by molar-refractivity contribution is 6.30. The van der Waals surface area contributed by atoms with E-state index in [9.17, 15) is 18.8 Å². The van der Waals surface area contributed by atoms with E-state index in [4.69, 9.17) is 17.3 Å². The van der Waals surface area contributed by atoms with Crippen molar-refractivity contribution >= 4 is 35.0 Å². The third-order valence-electron chi connectivity index (χ3n) is 3.26. The number of nitrogens with two attached hydrogens (primary N) is 1. The zero-order valence-electron chi connectivity index (χ0n) is 13.0. The van der Waals surface area contributed by atoms with Crippen molar-refractivity contribution in [2.45, 2.75) is 6.42 Å². The van der Waals surface area contributed by atoms with Crippen LogP contribution in [0.15, 0.2) is 42.5 Å². The SMILES string of the molecule is NC(=O)c1cc(NC(=O)CCNC(=O)c2ccc(Cl)cc2)ccc1F. The van der Waals surface area contributed by atoms with Crippen molar-refractivity contribution in [1.29, 1.82) is 0 Å². The van der Waals surface area contributed by atoms with E-state index in [1.807, 2.05) is 0 Å². The number of rotatable bonds is 6. The first kappa shape index (κ1) is 18.4. The minimum atomic E-state index is -0.927. The van der Waals surface area contributed by atoms with Crippen LogP contribution in [-0.2, 0) is 4.79 Å². The lowest BCUT2D eigenvalue weighted by Crippen LogP contribution is -2.27. The van der Waals surface area contributed by atoms with Crippen molar-refractivity contribution in [3.05, 3.63) is 64.4 Å². The van der Waals surface area contributed by atoms with E-state index in [-0.39, 0.29) is 30.1 Å². The number of anilines is 1. The Balaban J connectivity index is 1.85. The van der Waals surface area contributed by atoms with Crippen molar-refractivity contribution in [2.75, 3.05) is 11.9 Å². The summed E-state index contributed by atoms with van der Waals surface area (Å²) in [6.45, 7) is 0.108. The molecule has 0 aliphatic heterocycles. The average molecular weight is 364 g/mol. The second-order valence-electron chi connectivity index (χ2n) is 5.12. The van der Waals surface area contributed by atoms with Gasteiger partial charge in [0.05, 0.1) is 5.56 Å². The van der Waals surface area contributed by atoms with Gasteiger partial charge in [0.25, 0.3) is 11.8 Å². The maximum absolute atomic E-state index is 13.4. The van der Waals surface area contributed by atoms with Crippen LogP contribution in [0.25, 0.3) is 0 Å². The third kappa shape index (κ3) is 5.29. The fourth-order valence-corrected chi connectivity index (χ4v) is 2.13. The molecule has 0 heterocycles. The van der Waals surface area contributed by atoms with E-state index in [0.29, 0.717) is 10.6 Å². The molecule has 0 spiro atoms. The Labute approximate surface area is 148 Å². The highest BCUT2D eigenvalue weighted by Gasteiger charge is 2.11. The first-order valence-electron chi connectivity index (χ1n) is 7.30. The highest BCUT2D eigenvalue weighted by Crippen LogP contribution is 2.14. The van der Waals surface area contributed by atoms with Gasteiger partial charge in [0.1, 0.15) is 5.82 Å². The first-order valence-corrected chi connectivity index (χ1v) is 7.67. The summed E-state index contributed by atoms with van der Waals surface area (Å²) in [6.07, 6.45) is 0.00259. The van der Waals surface area contributed by atoms with Gasteiger partial charge in [-0.3, -0.25) is 14.4 Å². The highest BCUT2D eigenvalue weighted by atomic mass is 35.5. The molecule has 0 fully saturated rings. The molecule has 0 saturated carbocycles. The summed E-state index contributed by atoms with van der Waals surface area (Å²) in [4.78, 5) is 34.8. The summed E-state index contributed by atoms with van der Waals surface area (Å²) >= 11 is 5.74. The van der Waals surface area contributed by atoms with E-state index in [0.717, 1.165) is 12.1 Å². The van der Waals surface area contributed by atoms with Gasteiger partial charge in [0.2, 0.25) is 5.91 Å². The van der Waals surface area contributed by atoms with Crippen LogP contribution in [0, 0.1) is 5.82 Å². The van der Waals surface area contributed by atoms with Crippen LogP contribution in [-0.4, -0.2) is 24.3 Å². The lowest BCUT2D eigenvalue weighted by atomic mass is 10.1. The molecule has 0 bridgehead atoms.